The van der Waals surface area contributed by atoms with Crippen molar-refractivity contribution >= 4 is 5.91 Å². The van der Waals surface area contributed by atoms with E-state index in [-0.39, 0.29) is 18.5 Å². The van der Waals surface area contributed by atoms with Gasteiger partial charge >= 0.3 is 0 Å². The fraction of sp³-hybridized carbons (Fsp3) is 0.500. The van der Waals surface area contributed by atoms with Gasteiger partial charge in [-0.15, -0.1) is 5.10 Å². The van der Waals surface area contributed by atoms with Crippen LogP contribution in [0.5, 0.6) is 0 Å². The van der Waals surface area contributed by atoms with Crippen molar-refractivity contribution in [1.82, 2.24) is 19.9 Å². The molecule has 1 N–H and O–H groups in total. The predicted octanol–water partition coefficient (Wildman–Crippen LogP) is 1.74. The number of aromatic nitrogens is 3. The first kappa shape index (κ1) is 17.6. The van der Waals surface area contributed by atoms with E-state index >= 15 is 0 Å². The molecule has 0 saturated carbocycles. The standard InChI is InChI=1S/C18H24N4O3/c1-13(2)22-10-16(19-20-22)18(24)8-9-21(12-18)17(23)15-6-4-14(5-7-15)11-25-3/h4-7,10,13,24H,8-9,11-12H2,1-3H3/t18-/m0/s1. The molecule has 0 bridgehead atoms. The Hall–Kier alpha value is -2.25. The van der Waals surface area contributed by atoms with Gasteiger partial charge in [0.2, 0.25) is 0 Å². The van der Waals surface area contributed by atoms with Crippen molar-refractivity contribution in [2.75, 3.05) is 20.2 Å². The number of methoxy groups -OCH3 is 1. The van der Waals surface area contributed by atoms with Gasteiger partial charge < -0.3 is 14.7 Å². The molecule has 7 heteroatoms. The molecule has 3 rings (SSSR count). The van der Waals surface area contributed by atoms with E-state index in [2.05, 4.69) is 10.3 Å². The second-order valence-corrected chi connectivity index (χ2v) is 6.82. The summed E-state index contributed by atoms with van der Waals surface area (Å²) in [6, 6.07) is 7.53. The van der Waals surface area contributed by atoms with E-state index in [0.717, 1.165) is 5.56 Å². The lowest BCUT2D eigenvalue weighted by Crippen LogP contribution is -2.34. The van der Waals surface area contributed by atoms with Crippen LogP contribution in [0.4, 0.5) is 0 Å². The van der Waals surface area contributed by atoms with Crippen molar-refractivity contribution < 1.29 is 14.6 Å². The van der Waals surface area contributed by atoms with Crippen LogP contribution >= 0.6 is 0 Å². The normalized spacial score (nSPS) is 20.4. The first-order valence-corrected chi connectivity index (χ1v) is 8.45. The number of likely N-dealkylation sites (tertiary alicyclic amines) is 1. The largest absolute Gasteiger partial charge is 0.381 e. The van der Waals surface area contributed by atoms with Crippen LogP contribution in [-0.4, -0.2) is 51.1 Å². The minimum atomic E-state index is -1.14. The summed E-state index contributed by atoms with van der Waals surface area (Å²) in [7, 11) is 1.64. The highest BCUT2D eigenvalue weighted by Gasteiger charge is 2.42. The van der Waals surface area contributed by atoms with Crippen molar-refractivity contribution in [2.24, 2.45) is 0 Å². The fourth-order valence-corrected chi connectivity index (χ4v) is 3.01. The first-order valence-electron chi connectivity index (χ1n) is 8.45. The van der Waals surface area contributed by atoms with E-state index in [1.54, 1.807) is 35.0 Å². The lowest BCUT2D eigenvalue weighted by atomic mass is 10.00. The first-order chi connectivity index (χ1) is 11.9. The Morgan fingerprint density at radius 1 is 1.36 bits per heavy atom. The third-order valence-corrected chi connectivity index (χ3v) is 4.56. The van der Waals surface area contributed by atoms with Crippen LogP contribution in [0.1, 0.15) is 47.9 Å². The van der Waals surface area contributed by atoms with Crippen LogP contribution in [0.2, 0.25) is 0 Å². The molecule has 1 aliphatic heterocycles. The molecule has 1 amide bonds. The summed E-state index contributed by atoms with van der Waals surface area (Å²) in [4.78, 5) is 14.4. The molecule has 134 valence electrons. The Kier molecular flexibility index (Phi) is 4.87. The average molecular weight is 344 g/mol. The maximum Gasteiger partial charge on any atom is 0.253 e. The van der Waals surface area contributed by atoms with E-state index in [9.17, 15) is 9.90 Å². The van der Waals surface area contributed by atoms with Crippen molar-refractivity contribution in [3.63, 3.8) is 0 Å². The number of hydrogen-bond acceptors (Lipinski definition) is 5. The summed E-state index contributed by atoms with van der Waals surface area (Å²) in [6.45, 7) is 5.23. The lowest BCUT2D eigenvalue weighted by Gasteiger charge is -2.21. The topological polar surface area (TPSA) is 80.5 Å². The maximum atomic E-state index is 12.7. The number of β-amino-alcohol motifs (C(OH)–C–C–N with tert-alkyl or cyclic N) is 1. The highest BCUT2D eigenvalue weighted by atomic mass is 16.5. The van der Waals surface area contributed by atoms with Crippen LogP contribution in [0.3, 0.4) is 0 Å². The summed E-state index contributed by atoms with van der Waals surface area (Å²) in [5.41, 5.74) is 1.00. The highest BCUT2D eigenvalue weighted by Crippen LogP contribution is 2.31. The number of ether oxygens (including phenoxy) is 1. The van der Waals surface area contributed by atoms with E-state index in [1.807, 2.05) is 26.0 Å². The third kappa shape index (κ3) is 3.57. The second kappa shape index (κ2) is 6.93. The van der Waals surface area contributed by atoms with E-state index in [1.165, 1.54) is 0 Å². The molecular formula is C18H24N4O3. The molecule has 1 fully saturated rings. The minimum Gasteiger partial charge on any atom is -0.381 e. The molecule has 1 atom stereocenters. The van der Waals surface area contributed by atoms with Gasteiger partial charge in [0.25, 0.3) is 5.91 Å². The molecule has 0 spiro atoms. The zero-order chi connectivity index (χ0) is 18.0. The molecule has 7 nitrogen and oxygen atoms in total. The van der Waals surface area contributed by atoms with Crippen LogP contribution in [0, 0.1) is 0 Å². The molecule has 2 aromatic rings. The smallest absolute Gasteiger partial charge is 0.253 e. The van der Waals surface area contributed by atoms with Gasteiger partial charge in [0, 0.05) is 31.7 Å². The van der Waals surface area contributed by atoms with Gasteiger partial charge in [0.15, 0.2) is 0 Å². The van der Waals surface area contributed by atoms with Gasteiger partial charge in [-0.2, -0.15) is 0 Å². The summed E-state index contributed by atoms with van der Waals surface area (Å²) in [5.74, 6) is -0.0869. The number of carbonyl (C=O) groups excluding carboxylic acids is 1. The number of hydrogen-bond donors (Lipinski definition) is 1. The molecular weight excluding hydrogens is 320 g/mol. The number of benzene rings is 1. The molecule has 0 unspecified atom stereocenters. The fourth-order valence-electron chi connectivity index (χ4n) is 3.01. The molecule has 0 radical (unpaired) electrons. The Morgan fingerprint density at radius 3 is 2.68 bits per heavy atom. The van der Waals surface area contributed by atoms with Gasteiger partial charge in [-0.05, 0) is 31.5 Å². The van der Waals surface area contributed by atoms with E-state index in [0.29, 0.717) is 30.8 Å². The number of amides is 1. The Morgan fingerprint density at radius 2 is 2.08 bits per heavy atom. The van der Waals surface area contributed by atoms with Crippen LogP contribution in [0.15, 0.2) is 30.5 Å². The monoisotopic (exact) mass is 344 g/mol. The quantitative estimate of drug-likeness (QED) is 0.894. The predicted molar refractivity (Wildman–Crippen MR) is 92.0 cm³/mol. The number of carbonyl (C=O) groups is 1. The SMILES string of the molecule is COCc1ccc(C(=O)N2CC[C@@](O)(c3cn(C(C)C)nn3)C2)cc1. The van der Waals surface area contributed by atoms with Gasteiger partial charge in [-0.3, -0.25) is 4.79 Å². The van der Waals surface area contributed by atoms with E-state index < -0.39 is 5.60 Å². The zero-order valence-corrected chi connectivity index (χ0v) is 14.8. The Labute approximate surface area is 147 Å². The van der Waals surface area contributed by atoms with Gasteiger partial charge in [0.1, 0.15) is 11.3 Å². The second-order valence-electron chi connectivity index (χ2n) is 6.82. The average Bonchev–Trinajstić information content (AvgIpc) is 3.23. The summed E-state index contributed by atoms with van der Waals surface area (Å²) >= 11 is 0. The Bertz CT molecular complexity index is 741. The van der Waals surface area contributed by atoms with Gasteiger partial charge in [0.05, 0.1) is 19.3 Å². The maximum absolute atomic E-state index is 12.7. The van der Waals surface area contributed by atoms with Gasteiger partial charge in [-0.1, -0.05) is 17.3 Å². The van der Waals surface area contributed by atoms with Gasteiger partial charge in [-0.25, -0.2) is 4.68 Å². The Balaban J connectivity index is 1.71. The zero-order valence-electron chi connectivity index (χ0n) is 14.8. The summed E-state index contributed by atoms with van der Waals surface area (Å²) < 4.78 is 6.79. The lowest BCUT2D eigenvalue weighted by molar-refractivity contribution is 0.0381. The van der Waals surface area contributed by atoms with Crippen molar-refractivity contribution in [1.29, 1.82) is 0 Å². The molecule has 2 heterocycles. The van der Waals surface area contributed by atoms with E-state index in [4.69, 9.17) is 4.74 Å². The minimum absolute atomic E-state index is 0.0869. The number of nitrogens with zero attached hydrogens (tertiary/aromatic N) is 4. The van der Waals surface area contributed by atoms with Crippen molar-refractivity contribution in [3.05, 3.63) is 47.3 Å². The summed E-state index contributed by atoms with van der Waals surface area (Å²) in [6.07, 6.45) is 2.22. The number of rotatable bonds is 5. The highest BCUT2D eigenvalue weighted by molar-refractivity contribution is 5.94. The molecule has 1 saturated heterocycles. The van der Waals surface area contributed by atoms with Crippen molar-refractivity contribution in [2.45, 2.75) is 38.5 Å². The molecule has 25 heavy (non-hydrogen) atoms. The molecule has 1 aliphatic rings. The van der Waals surface area contributed by atoms with Crippen LogP contribution in [-0.2, 0) is 16.9 Å². The van der Waals surface area contributed by atoms with Crippen LogP contribution < -0.4 is 0 Å². The molecule has 1 aromatic carbocycles. The third-order valence-electron chi connectivity index (χ3n) is 4.56. The van der Waals surface area contributed by atoms with Crippen molar-refractivity contribution in [3.8, 4) is 0 Å². The molecule has 0 aliphatic carbocycles. The summed E-state index contributed by atoms with van der Waals surface area (Å²) in [5, 5.41) is 19.1. The van der Waals surface area contributed by atoms with Crippen LogP contribution in [0.25, 0.3) is 0 Å². The molecule has 1 aromatic heterocycles. The number of aliphatic hydroxyl groups is 1.